The van der Waals surface area contributed by atoms with Crippen LogP contribution in [0.1, 0.15) is 46.4 Å². The molecule has 36 heavy (non-hydrogen) atoms. The Morgan fingerprint density at radius 1 is 1.28 bits per heavy atom. The third-order valence-electron chi connectivity index (χ3n) is 5.87. The van der Waals surface area contributed by atoms with Gasteiger partial charge in [0.05, 0.1) is 30.0 Å². The predicted octanol–water partition coefficient (Wildman–Crippen LogP) is 5.33. The van der Waals surface area contributed by atoms with Crippen molar-refractivity contribution >= 4 is 23.3 Å². The number of carbonyl (C=O) groups is 1. The molecule has 3 N–H and O–H groups in total. The Labute approximate surface area is 210 Å². The van der Waals surface area contributed by atoms with Gasteiger partial charge in [-0.25, -0.2) is 18.7 Å². The molecule has 0 saturated carbocycles. The van der Waals surface area contributed by atoms with Crippen LogP contribution in [0.2, 0.25) is 5.02 Å². The Kier molecular flexibility index (Phi) is 7.94. The fourth-order valence-electron chi connectivity index (χ4n) is 4.03. The highest BCUT2D eigenvalue weighted by molar-refractivity contribution is 6.30. The highest BCUT2D eigenvalue weighted by Crippen LogP contribution is 2.30. The third kappa shape index (κ3) is 5.88. The number of amides is 1. The molecule has 0 spiro atoms. The largest absolute Gasteiger partial charge is 0.382 e. The van der Waals surface area contributed by atoms with Crippen LogP contribution in [-0.2, 0) is 4.74 Å². The molecule has 1 fully saturated rings. The van der Waals surface area contributed by atoms with E-state index in [0.717, 1.165) is 36.7 Å². The second kappa shape index (κ2) is 11.3. The monoisotopic (exact) mass is 513 g/mol. The minimum atomic E-state index is -0.932. The van der Waals surface area contributed by atoms with Gasteiger partial charge >= 0.3 is 0 Å². The average Bonchev–Trinajstić information content (AvgIpc) is 2.86. The summed E-state index contributed by atoms with van der Waals surface area (Å²) >= 11 is 5.91. The zero-order chi connectivity index (χ0) is 25.7. The number of azide groups is 1. The summed E-state index contributed by atoms with van der Waals surface area (Å²) in [6.07, 6.45) is 3.23. The maximum atomic E-state index is 15.1. The summed E-state index contributed by atoms with van der Waals surface area (Å²) in [4.78, 5) is 24.4. The normalized spacial score (nSPS) is 14.6. The van der Waals surface area contributed by atoms with Crippen molar-refractivity contribution < 1.29 is 18.3 Å². The molecular formula is C24H22ClF2N7O2. The molecule has 9 nitrogen and oxygen atoms in total. The zero-order valence-corrected chi connectivity index (χ0v) is 19.8. The molecule has 0 radical (unpaired) electrons. The Morgan fingerprint density at radius 3 is 2.75 bits per heavy atom. The number of ether oxygens (including phenoxy) is 1. The Morgan fingerprint density at radius 2 is 2.06 bits per heavy atom. The summed E-state index contributed by atoms with van der Waals surface area (Å²) in [7, 11) is 0. The Bertz CT molecular complexity index is 1310. The predicted molar refractivity (Wildman–Crippen MR) is 130 cm³/mol. The number of nitrogen functional groups attached to an aromatic ring is 1. The Hall–Kier alpha value is -3.79. The van der Waals surface area contributed by atoms with Gasteiger partial charge in [0.1, 0.15) is 23.1 Å². The van der Waals surface area contributed by atoms with E-state index in [9.17, 15) is 9.18 Å². The van der Waals surface area contributed by atoms with Crippen LogP contribution in [0.5, 0.6) is 0 Å². The number of halogens is 3. The fourth-order valence-corrected chi connectivity index (χ4v) is 4.26. The van der Waals surface area contributed by atoms with Crippen LogP contribution in [0, 0.1) is 11.6 Å². The highest BCUT2D eigenvalue weighted by Gasteiger charge is 2.22. The third-order valence-corrected chi connectivity index (χ3v) is 6.08. The van der Waals surface area contributed by atoms with Crippen molar-refractivity contribution in [2.45, 2.75) is 24.8 Å². The number of rotatable bonds is 7. The number of nitrogens with two attached hydrogens (primary N) is 1. The molecule has 12 heteroatoms. The van der Waals surface area contributed by atoms with Gasteiger partial charge in [-0.2, -0.15) is 0 Å². The molecule has 1 aliphatic rings. The van der Waals surface area contributed by atoms with E-state index in [2.05, 4.69) is 25.3 Å². The first-order valence-electron chi connectivity index (χ1n) is 11.1. The molecule has 3 aromatic rings. The van der Waals surface area contributed by atoms with Crippen LogP contribution in [0.4, 0.5) is 14.6 Å². The molecule has 0 bridgehead atoms. The number of hydrogen-bond donors (Lipinski definition) is 2. The SMILES string of the molecule is [N-]=[N+]=NCC(NC(=O)c1ccc(-c2nc(C3CCOCC3)cnc2N)cc1F)c1cc(F)cc(Cl)c1. The van der Waals surface area contributed by atoms with Gasteiger partial charge in [-0.3, -0.25) is 4.79 Å². The van der Waals surface area contributed by atoms with E-state index in [1.807, 2.05) is 0 Å². The summed E-state index contributed by atoms with van der Waals surface area (Å²) in [5.74, 6) is -1.92. The lowest BCUT2D eigenvalue weighted by Crippen LogP contribution is -2.31. The molecule has 186 valence electrons. The summed E-state index contributed by atoms with van der Waals surface area (Å²) in [5, 5.41) is 6.13. The number of aromatic nitrogens is 2. The smallest absolute Gasteiger partial charge is 0.254 e. The maximum Gasteiger partial charge on any atom is 0.254 e. The number of benzene rings is 2. The van der Waals surface area contributed by atoms with E-state index in [4.69, 9.17) is 27.6 Å². The quantitative estimate of drug-likeness (QED) is 0.249. The van der Waals surface area contributed by atoms with Crippen molar-refractivity contribution in [2.75, 3.05) is 25.5 Å². The fraction of sp³-hybridized carbons (Fsp3) is 0.292. The first kappa shape index (κ1) is 25.3. The van der Waals surface area contributed by atoms with Crippen LogP contribution in [0.25, 0.3) is 21.7 Å². The second-order valence-corrected chi connectivity index (χ2v) is 8.69. The van der Waals surface area contributed by atoms with Crippen LogP contribution < -0.4 is 11.1 Å². The molecule has 1 unspecified atom stereocenters. The maximum absolute atomic E-state index is 15.1. The van der Waals surface area contributed by atoms with Crippen molar-refractivity contribution in [3.63, 3.8) is 0 Å². The molecule has 1 amide bonds. The Balaban J connectivity index is 1.59. The van der Waals surface area contributed by atoms with Crippen molar-refractivity contribution in [2.24, 2.45) is 5.11 Å². The lowest BCUT2D eigenvalue weighted by atomic mass is 9.96. The molecule has 1 aromatic heterocycles. The van der Waals surface area contributed by atoms with Crippen molar-refractivity contribution in [1.82, 2.24) is 15.3 Å². The summed E-state index contributed by atoms with van der Waals surface area (Å²) < 4.78 is 34.3. The molecule has 4 rings (SSSR count). The van der Waals surface area contributed by atoms with Gasteiger partial charge in [-0.15, -0.1) is 0 Å². The molecule has 1 saturated heterocycles. The van der Waals surface area contributed by atoms with E-state index >= 15 is 4.39 Å². The van der Waals surface area contributed by atoms with E-state index in [-0.39, 0.29) is 34.4 Å². The molecule has 2 aromatic carbocycles. The number of hydrogen-bond acceptors (Lipinski definition) is 6. The van der Waals surface area contributed by atoms with Crippen LogP contribution in [0.3, 0.4) is 0 Å². The van der Waals surface area contributed by atoms with Crippen molar-refractivity contribution in [1.29, 1.82) is 0 Å². The highest BCUT2D eigenvalue weighted by atomic mass is 35.5. The van der Waals surface area contributed by atoms with Crippen LogP contribution >= 0.6 is 11.6 Å². The number of nitrogens with zero attached hydrogens (tertiary/aromatic N) is 5. The van der Waals surface area contributed by atoms with Gasteiger partial charge in [-0.1, -0.05) is 22.8 Å². The van der Waals surface area contributed by atoms with E-state index in [1.54, 1.807) is 6.20 Å². The first-order chi connectivity index (χ1) is 17.4. The lowest BCUT2D eigenvalue weighted by molar-refractivity contribution is 0.0844. The van der Waals surface area contributed by atoms with Gasteiger partial charge < -0.3 is 15.8 Å². The summed E-state index contributed by atoms with van der Waals surface area (Å²) in [5.41, 5.74) is 16.1. The van der Waals surface area contributed by atoms with Crippen LogP contribution in [0.15, 0.2) is 47.7 Å². The standard InChI is InChI=1S/C24H22ClF2N7O2/c25-16-7-15(8-17(26)10-16)21(12-31-34-29)33-24(35)18-2-1-14(9-19(18)27)22-23(28)30-11-20(32-22)13-3-5-36-6-4-13/h1-2,7-11,13,21H,3-6,12H2,(H2,28,30)(H,33,35). The van der Waals surface area contributed by atoms with Gasteiger partial charge in [0.15, 0.2) is 0 Å². The topological polar surface area (TPSA) is 139 Å². The zero-order valence-electron chi connectivity index (χ0n) is 19.0. The van der Waals surface area contributed by atoms with Crippen molar-refractivity contribution in [3.8, 4) is 11.3 Å². The molecule has 1 atom stereocenters. The summed E-state index contributed by atoms with van der Waals surface area (Å²) in [6, 6.07) is 6.72. The van der Waals surface area contributed by atoms with Gasteiger partial charge in [0, 0.05) is 34.6 Å². The second-order valence-electron chi connectivity index (χ2n) is 8.25. The van der Waals surface area contributed by atoms with E-state index < -0.39 is 23.6 Å². The minimum Gasteiger partial charge on any atom is -0.382 e. The van der Waals surface area contributed by atoms with Gasteiger partial charge in [0.25, 0.3) is 5.91 Å². The van der Waals surface area contributed by atoms with E-state index in [1.165, 1.54) is 18.2 Å². The van der Waals surface area contributed by atoms with Gasteiger partial charge in [-0.05, 0) is 54.3 Å². The van der Waals surface area contributed by atoms with Crippen molar-refractivity contribution in [3.05, 3.63) is 86.5 Å². The molecule has 0 aliphatic carbocycles. The average molecular weight is 514 g/mol. The lowest BCUT2D eigenvalue weighted by Gasteiger charge is -2.22. The van der Waals surface area contributed by atoms with Crippen LogP contribution in [-0.4, -0.2) is 35.6 Å². The van der Waals surface area contributed by atoms with E-state index in [0.29, 0.717) is 24.5 Å². The number of nitrogens with one attached hydrogen (secondary N) is 1. The number of carbonyl (C=O) groups excluding carboxylic acids is 1. The molecular weight excluding hydrogens is 492 g/mol. The minimum absolute atomic E-state index is 0.0994. The number of anilines is 1. The molecule has 1 aliphatic heterocycles. The first-order valence-corrected chi connectivity index (χ1v) is 11.5. The molecule has 2 heterocycles. The summed E-state index contributed by atoms with van der Waals surface area (Å²) in [6.45, 7) is 1.03. The van der Waals surface area contributed by atoms with Gasteiger partial charge in [0.2, 0.25) is 0 Å².